The molecule has 3 aromatic rings. The lowest BCUT2D eigenvalue weighted by Crippen LogP contribution is -2.38. The van der Waals surface area contributed by atoms with Gasteiger partial charge in [-0.15, -0.1) is 0 Å². The number of ketones is 1. The summed E-state index contributed by atoms with van der Waals surface area (Å²) in [5.41, 5.74) is 3.24. The fraction of sp³-hybridized carbons (Fsp3) is 0.400. The molecule has 2 aromatic carbocycles. The number of para-hydroxylation sites is 1. The molecule has 1 fully saturated rings. The largest absolute Gasteiger partial charge is 0.490 e. The first-order chi connectivity index (χ1) is 14.5. The van der Waals surface area contributed by atoms with E-state index in [1.54, 1.807) is 6.92 Å². The van der Waals surface area contributed by atoms with E-state index in [-0.39, 0.29) is 11.9 Å². The number of nitrogens with zero attached hydrogens (tertiary/aromatic N) is 2. The van der Waals surface area contributed by atoms with Crippen LogP contribution < -0.4 is 4.74 Å². The number of piperidine rings is 1. The van der Waals surface area contributed by atoms with Crippen LogP contribution in [0.15, 0.2) is 48.7 Å². The van der Waals surface area contributed by atoms with E-state index in [1.807, 2.05) is 36.5 Å². The fourth-order valence-electron chi connectivity index (χ4n) is 4.43. The van der Waals surface area contributed by atoms with Crippen LogP contribution in [0.2, 0.25) is 5.02 Å². The monoisotopic (exact) mass is 424 g/mol. The van der Waals surface area contributed by atoms with Crippen molar-refractivity contribution in [1.29, 1.82) is 0 Å². The number of aryl methyl sites for hydroxylation is 2. The minimum Gasteiger partial charge on any atom is -0.490 e. The number of benzene rings is 2. The summed E-state index contributed by atoms with van der Waals surface area (Å²) < 4.78 is 8.36. The second-order valence-corrected chi connectivity index (χ2v) is 8.67. The van der Waals surface area contributed by atoms with Crippen molar-refractivity contribution < 1.29 is 9.53 Å². The zero-order chi connectivity index (χ0) is 21.1. The standard InChI is InChI=1S/C25H29ClN2O2/c1-18-5-3-6-23-24(19(2)29)17-28(25(18)23)14-4-13-27-15-11-22(12-16-27)30-21-9-7-20(26)8-10-21/h3,5-10,17,22H,4,11-16H2,1-2H3. The van der Waals surface area contributed by atoms with Crippen LogP contribution in [0, 0.1) is 6.92 Å². The van der Waals surface area contributed by atoms with Crippen LogP contribution in [-0.2, 0) is 6.54 Å². The van der Waals surface area contributed by atoms with Gasteiger partial charge in [-0.25, -0.2) is 0 Å². The molecular formula is C25H29ClN2O2. The van der Waals surface area contributed by atoms with Crippen molar-refractivity contribution in [3.05, 3.63) is 64.8 Å². The number of carbonyl (C=O) groups excluding carboxylic acids is 1. The van der Waals surface area contributed by atoms with Crippen LogP contribution in [-0.4, -0.2) is 41.0 Å². The summed E-state index contributed by atoms with van der Waals surface area (Å²) in [6.45, 7) is 7.88. The summed E-state index contributed by atoms with van der Waals surface area (Å²) in [6.07, 6.45) is 5.46. The van der Waals surface area contributed by atoms with Crippen molar-refractivity contribution in [1.82, 2.24) is 9.47 Å². The molecule has 0 atom stereocenters. The van der Waals surface area contributed by atoms with Crippen molar-refractivity contribution in [2.24, 2.45) is 0 Å². The average molecular weight is 425 g/mol. The zero-order valence-electron chi connectivity index (χ0n) is 17.7. The maximum Gasteiger partial charge on any atom is 0.161 e. The number of likely N-dealkylation sites (tertiary alicyclic amines) is 1. The summed E-state index contributed by atoms with van der Waals surface area (Å²) in [6, 6.07) is 13.8. The van der Waals surface area contributed by atoms with Crippen LogP contribution in [0.1, 0.15) is 42.1 Å². The van der Waals surface area contributed by atoms with Crippen LogP contribution in [0.4, 0.5) is 0 Å². The minimum atomic E-state index is 0.132. The predicted octanol–water partition coefficient (Wildman–Crippen LogP) is 5.74. The number of hydrogen-bond acceptors (Lipinski definition) is 3. The van der Waals surface area contributed by atoms with Gasteiger partial charge in [0.25, 0.3) is 0 Å². The Kier molecular flexibility index (Phi) is 6.45. The first-order valence-corrected chi connectivity index (χ1v) is 11.1. The van der Waals surface area contributed by atoms with E-state index in [0.717, 1.165) is 67.2 Å². The molecule has 158 valence electrons. The summed E-state index contributed by atoms with van der Waals surface area (Å²) in [5, 5.41) is 1.81. The number of hydrogen-bond donors (Lipinski definition) is 0. The molecule has 0 unspecified atom stereocenters. The third-order valence-electron chi connectivity index (χ3n) is 6.00. The van der Waals surface area contributed by atoms with Crippen LogP contribution in [0.5, 0.6) is 5.75 Å². The highest BCUT2D eigenvalue weighted by atomic mass is 35.5. The van der Waals surface area contributed by atoms with Crippen molar-refractivity contribution in [2.45, 2.75) is 45.8 Å². The normalized spacial score (nSPS) is 15.6. The SMILES string of the molecule is CC(=O)c1cn(CCCN2CCC(Oc3ccc(Cl)cc3)CC2)c2c(C)cccc12. The molecule has 5 heteroatoms. The Morgan fingerprint density at radius 3 is 2.53 bits per heavy atom. The molecule has 0 saturated carbocycles. The first kappa shape index (κ1) is 21.0. The molecule has 1 aliphatic rings. The molecule has 1 saturated heterocycles. The molecule has 1 aliphatic heterocycles. The van der Waals surface area contributed by atoms with Crippen LogP contribution in [0.3, 0.4) is 0 Å². The smallest absolute Gasteiger partial charge is 0.161 e. The van der Waals surface area contributed by atoms with Crippen molar-refractivity contribution in [2.75, 3.05) is 19.6 Å². The molecular weight excluding hydrogens is 396 g/mol. The third-order valence-corrected chi connectivity index (χ3v) is 6.26. The highest BCUT2D eigenvalue weighted by molar-refractivity contribution is 6.30. The fourth-order valence-corrected chi connectivity index (χ4v) is 4.55. The van der Waals surface area contributed by atoms with E-state index < -0.39 is 0 Å². The first-order valence-electron chi connectivity index (χ1n) is 10.8. The number of fused-ring (bicyclic) bond motifs is 1. The molecule has 4 nitrogen and oxygen atoms in total. The summed E-state index contributed by atoms with van der Waals surface area (Å²) in [4.78, 5) is 14.6. The average Bonchev–Trinajstić information content (AvgIpc) is 3.11. The quantitative estimate of drug-likeness (QED) is 0.453. The van der Waals surface area contributed by atoms with E-state index in [0.29, 0.717) is 0 Å². The van der Waals surface area contributed by atoms with Gasteiger partial charge in [-0.3, -0.25) is 4.79 Å². The summed E-state index contributed by atoms with van der Waals surface area (Å²) in [7, 11) is 0. The number of halogens is 1. The third kappa shape index (κ3) is 4.71. The predicted molar refractivity (Wildman–Crippen MR) is 123 cm³/mol. The number of aromatic nitrogens is 1. The molecule has 4 rings (SSSR count). The molecule has 0 radical (unpaired) electrons. The molecule has 0 spiro atoms. The molecule has 1 aromatic heterocycles. The van der Waals surface area contributed by atoms with Gasteiger partial charge in [-0.1, -0.05) is 29.8 Å². The highest BCUT2D eigenvalue weighted by Crippen LogP contribution is 2.26. The maximum atomic E-state index is 12.0. The Bertz CT molecular complexity index is 1020. The van der Waals surface area contributed by atoms with Crippen LogP contribution in [0.25, 0.3) is 10.9 Å². The number of Topliss-reactive ketones (excluding diaryl/α,β-unsaturated/α-hetero) is 1. The highest BCUT2D eigenvalue weighted by Gasteiger charge is 2.20. The second-order valence-electron chi connectivity index (χ2n) is 8.23. The van der Waals surface area contributed by atoms with Crippen molar-refractivity contribution >= 4 is 28.3 Å². The minimum absolute atomic E-state index is 0.132. The van der Waals surface area contributed by atoms with Gasteiger partial charge < -0.3 is 14.2 Å². The van der Waals surface area contributed by atoms with E-state index in [9.17, 15) is 4.79 Å². The topological polar surface area (TPSA) is 34.5 Å². The van der Waals surface area contributed by atoms with E-state index >= 15 is 0 Å². The van der Waals surface area contributed by atoms with Gasteiger partial charge in [-0.2, -0.15) is 0 Å². The Morgan fingerprint density at radius 2 is 1.83 bits per heavy atom. The van der Waals surface area contributed by atoms with Gasteiger partial charge in [0.15, 0.2) is 5.78 Å². The molecule has 0 N–H and O–H groups in total. The Balaban J connectivity index is 1.29. The second kappa shape index (κ2) is 9.23. The Morgan fingerprint density at radius 1 is 1.10 bits per heavy atom. The Hall–Kier alpha value is -2.30. The lowest BCUT2D eigenvalue weighted by molar-refractivity contribution is 0.0993. The molecule has 0 amide bonds. The lowest BCUT2D eigenvalue weighted by Gasteiger charge is -2.32. The zero-order valence-corrected chi connectivity index (χ0v) is 18.5. The van der Waals surface area contributed by atoms with E-state index in [1.165, 1.54) is 11.1 Å². The lowest BCUT2D eigenvalue weighted by atomic mass is 10.1. The van der Waals surface area contributed by atoms with Gasteiger partial charge in [0.05, 0.1) is 5.52 Å². The summed E-state index contributed by atoms with van der Waals surface area (Å²) >= 11 is 5.94. The van der Waals surface area contributed by atoms with Crippen LogP contribution >= 0.6 is 11.6 Å². The number of rotatable bonds is 7. The molecule has 0 aliphatic carbocycles. The van der Waals surface area contributed by atoms with E-state index in [2.05, 4.69) is 28.5 Å². The van der Waals surface area contributed by atoms with Crippen molar-refractivity contribution in [3.8, 4) is 5.75 Å². The maximum absolute atomic E-state index is 12.0. The van der Waals surface area contributed by atoms with Crippen molar-refractivity contribution in [3.63, 3.8) is 0 Å². The molecule has 0 bridgehead atoms. The Labute approximate surface area is 183 Å². The number of carbonyl (C=O) groups is 1. The van der Waals surface area contributed by atoms with E-state index in [4.69, 9.17) is 16.3 Å². The van der Waals surface area contributed by atoms with Gasteiger partial charge in [0.1, 0.15) is 11.9 Å². The van der Waals surface area contributed by atoms with Gasteiger partial charge in [0, 0.05) is 41.8 Å². The molecule has 2 heterocycles. The number of ether oxygens (including phenoxy) is 1. The summed E-state index contributed by atoms with van der Waals surface area (Å²) in [5.74, 6) is 1.03. The molecule has 30 heavy (non-hydrogen) atoms. The van der Waals surface area contributed by atoms with Gasteiger partial charge >= 0.3 is 0 Å². The van der Waals surface area contributed by atoms with Gasteiger partial charge in [-0.05, 0) is 69.5 Å². The van der Waals surface area contributed by atoms with Gasteiger partial charge in [0.2, 0.25) is 0 Å².